The summed E-state index contributed by atoms with van der Waals surface area (Å²) in [6, 6.07) is 9.60. The average Bonchev–Trinajstić information content (AvgIpc) is 2.44. The van der Waals surface area contributed by atoms with Crippen molar-refractivity contribution >= 4 is 28.3 Å². The first-order chi connectivity index (χ1) is 9.15. The van der Waals surface area contributed by atoms with Gasteiger partial charge < -0.3 is 5.32 Å². The average molecular weight is 277 g/mol. The molecule has 2 aromatic rings. The van der Waals surface area contributed by atoms with Crippen molar-refractivity contribution in [3.8, 4) is 0 Å². The van der Waals surface area contributed by atoms with Gasteiger partial charge in [0.05, 0.1) is 0 Å². The molecule has 1 heterocycles. The molecule has 4 heteroatoms. The van der Waals surface area contributed by atoms with E-state index in [1.54, 1.807) is 6.07 Å². The van der Waals surface area contributed by atoms with Crippen LogP contribution in [-0.2, 0) is 0 Å². The third-order valence-electron chi connectivity index (χ3n) is 3.25. The molecule has 1 amide bonds. The third-order valence-corrected chi connectivity index (χ3v) is 3.54. The van der Waals surface area contributed by atoms with Crippen molar-refractivity contribution in [1.82, 2.24) is 10.3 Å². The summed E-state index contributed by atoms with van der Waals surface area (Å²) in [5.41, 5.74) is 0.371. The molecule has 0 aliphatic carbocycles. The Morgan fingerprint density at radius 3 is 2.68 bits per heavy atom. The van der Waals surface area contributed by atoms with Crippen LogP contribution >= 0.6 is 11.6 Å². The maximum Gasteiger partial charge on any atom is 0.270 e. The highest BCUT2D eigenvalue weighted by Crippen LogP contribution is 2.22. The fourth-order valence-corrected chi connectivity index (χ4v) is 2.29. The van der Waals surface area contributed by atoms with Gasteiger partial charge in [-0.1, -0.05) is 49.7 Å². The zero-order chi connectivity index (χ0) is 13.8. The Morgan fingerprint density at radius 2 is 2.00 bits per heavy atom. The number of amides is 1. The van der Waals surface area contributed by atoms with Gasteiger partial charge in [-0.05, 0) is 24.3 Å². The van der Waals surface area contributed by atoms with E-state index in [9.17, 15) is 4.79 Å². The van der Waals surface area contributed by atoms with Gasteiger partial charge in [-0.15, -0.1) is 0 Å². The second-order valence-corrected chi connectivity index (χ2v) is 4.86. The Hall–Kier alpha value is -1.61. The zero-order valence-electron chi connectivity index (χ0n) is 11.1. The number of pyridine rings is 1. The molecule has 3 nitrogen and oxygen atoms in total. The lowest BCUT2D eigenvalue weighted by Gasteiger charge is -2.14. The summed E-state index contributed by atoms with van der Waals surface area (Å²) >= 11 is 6.12. The number of rotatable bonds is 4. The summed E-state index contributed by atoms with van der Waals surface area (Å²) in [6.07, 6.45) is 1.81. The van der Waals surface area contributed by atoms with E-state index in [4.69, 9.17) is 11.6 Å². The molecule has 0 bridgehead atoms. The van der Waals surface area contributed by atoms with Crippen LogP contribution in [0, 0.1) is 0 Å². The number of fused-ring (bicyclic) bond motifs is 1. The van der Waals surface area contributed by atoms with E-state index in [0.717, 1.165) is 23.6 Å². The van der Waals surface area contributed by atoms with Crippen LogP contribution in [0.5, 0.6) is 0 Å². The molecule has 0 saturated heterocycles. The predicted molar refractivity (Wildman–Crippen MR) is 78.6 cm³/mol. The van der Waals surface area contributed by atoms with E-state index in [1.165, 1.54) is 0 Å². The van der Waals surface area contributed by atoms with Crippen LogP contribution < -0.4 is 5.32 Å². The minimum Gasteiger partial charge on any atom is -0.348 e. The van der Waals surface area contributed by atoms with Gasteiger partial charge in [0.2, 0.25) is 0 Å². The number of hydrogen-bond donors (Lipinski definition) is 1. The monoisotopic (exact) mass is 276 g/mol. The van der Waals surface area contributed by atoms with Crippen molar-refractivity contribution in [3.05, 3.63) is 41.2 Å². The lowest BCUT2D eigenvalue weighted by molar-refractivity contribution is 0.0930. The maximum absolute atomic E-state index is 12.1. The summed E-state index contributed by atoms with van der Waals surface area (Å²) in [6.45, 7) is 4.10. The first kappa shape index (κ1) is 13.8. The number of carbonyl (C=O) groups is 1. The Labute approximate surface area is 118 Å². The van der Waals surface area contributed by atoms with Crippen LogP contribution in [0.4, 0.5) is 0 Å². The van der Waals surface area contributed by atoms with E-state index in [0.29, 0.717) is 10.8 Å². The highest BCUT2D eigenvalue weighted by molar-refractivity contribution is 6.34. The Bertz CT molecular complexity index is 594. The molecule has 0 radical (unpaired) electrons. The highest BCUT2D eigenvalue weighted by atomic mass is 35.5. The van der Waals surface area contributed by atoms with Gasteiger partial charge in [0, 0.05) is 11.4 Å². The number of nitrogens with one attached hydrogen (secondary N) is 1. The topological polar surface area (TPSA) is 42.0 Å². The van der Waals surface area contributed by atoms with Crippen molar-refractivity contribution in [2.75, 3.05) is 0 Å². The van der Waals surface area contributed by atoms with Crippen molar-refractivity contribution in [2.45, 2.75) is 32.7 Å². The van der Waals surface area contributed by atoms with Gasteiger partial charge in [0.25, 0.3) is 5.91 Å². The highest BCUT2D eigenvalue weighted by Gasteiger charge is 2.14. The second kappa shape index (κ2) is 6.02. The lowest BCUT2D eigenvalue weighted by Crippen LogP contribution is -2.34. The van der Waals surface area contributed by atoms with Crippen molar-refractivity contribution in [3.63, 3.8) is 0 Å². The molecule has 0 aliphatic rings. The second-order valence-electron chi connectivity index (χ2n) is 4.51. The third kappa shape index (κ3) is 3.04. The number of benzene rings is 1. The van der Waals surface area contributed by atoms with Crippen LogP contribution in [0.15, 0.2) is 30.3 Å². The Kier molecular flexibility index (Phi) is 4.38. The van der Waals surface area contributed by atoms with Gasteiger partial charge in [0.1, 0.15) is 10.8 Å². The van der Waals surface area contributed by atoms with Crippen LogP contribution in [0.1, 0.15) is 37.2 Å². The normalized spacial score (nSPS) is 10.9. The smallest absolute Gasteiger partial charge is 0.270 e. The van der Waals surface area contributed by atoms with Crippen LogP contribution in [0.2, 0.25) is 5.15 Å². The number of hydrogen-bond acceptors (Lipinski definition) is 2. The van der Waals surface area contributed by atoms with Gasteiger partial charge in [-0.2, -0.15) is 0 Å². The van der Waals surface area contributed by atoms with E-state index >= 15 is 0 Å². The summed E-state index contributed by atoms with van der Waals surface area (Å²) in [5, 5.41) is 5.12. The van der Waals surface area contributed by atoms with Crippen LogP contribution in [0.25, 0.3) is 10.8 Å². The van der Waals surface area contributed by atoms with Crippen LogP contribution in [-0.4, -0.2) is 16.9 Å². The summed E-state index contributed by atoms with van der Waals surface area (Å²) in [5.74, 6) is -0.165. The van der Waals surface area contributed by atoms with Gasteiger partial charge in [-0.3, -0.25) is 4.79 Å². The summed E-state index contributed by atoms with van der Waals surface area (Å²) < 4.78 is 0. The van der Waals surface area contributed by atoms with E-state index < -0.39 is 0 Å². The number of halogens is 1. The number of aromatic nitrogens is 1. The minimum atomic E-state index is -0.165. The van der Waals surface area contributed by atoms with Crippen molar-refractivity contribution in [2.24, 2.45) is 0 Å². The van der Waals surface area contributed by atoms with Gasteiger partial charge >= 0.3 is 0 Å². The zero-order valence-corrected chi connectivity index (χ0v) is 11.9. The standard InChI is InChI=1S/C15H17ClN2O/c1-3-11(4-2)17-15(19)13-9-10-7-5-6-8-12(10)14(16)18-13/h5-9,11H,3-4H2,1-2H3,(H,17,19). The summed E-state index contributed by atoms with van der Waals surface area (Å²) in [4.78, 5) is 16.3. The van der Waals surface area contributed by atoms with Gasteiger partial charge in [-0.25, -0.2) is 4.98 Å². The largest absolute Gasteiger partial charge is 0.348 e. The molecule has 100 valence electrons. The van der Waals surface area contributed by atoms with E-state index in [1.807, 2.05) is 24.3 Å². The minimum absolute atomic E-state index is 0.165. The fraction of sp³-hybridized carbons (Fsp3) is 0.333. The molecule has 19 heavy (non-hydrogen) atoms. The predicted octanol–water partition coefficient (Wildman–Crippen LogP) is 3.81. The number of carbonyl (C=O) groups excluding carboxylic acids is 1. The summed E-state index contributed by atoms with van der Waals surface area (Å²) in [7, 11) is 0. The Balaban J connectivity index is 2.32. The van der Waals surface area contributed by atoms with Gasteiger partial charge in [0.15, 0.2) is 0 Å². The van der Waals surface area contributed by atoms with Crippen LogP contribution in [0.3, 0.4) is 0 Å². The van der Waals surface area contributed by atoms with Crippen molar-refractivity contribution < 1.29 is 4.79 Å². The molecule has 0 unspecified atom stereocenters. The first-order valence-electron chi connectivity index (χ1n) is 6.51. The molecule has 1 N–H and O–H groups in total. The van der Waals surface area contributed by atoms with E-state index in [2.05, 4.69) is 24.1 Å². The molecule has 1 aromatic carbocycles. The van der Waals surface area contributed by atoms with Crippen molar-refractivity contribution in [1.29, 1.82) is 0 Å². The molecule has 0 saturated carbocycles. The molecule has 0 fully saturated rings. The molecule has 2 rings (SSSR count). The molecular formula is C15H17ClN2O. The quantitative estimate of drug-likeness (QED) is 0.863. The molecular weight excluding hydrogens is 260 g/mol. The fourth-order valence-electron chi connectivity index (χ4n) is 2.02. The maximum atomic E-state index is 12.1. The molecule has 0 aliphatic heterocycles. The Morgan fingerprint density at radius 1 is 1.32 bits per heavy atom. The van der Waals surface area contributed by atoms with E-state index in [-0.39, 0.29) is 11.9 Å². The SMILES string of the molecule is CCC(CC)NC(=O)c1cc2ccccc2c(Cl)n1. The first-order valence-corrected chi connectivity index (χ1v) is 6.89. The molecule has 0 atom stereocenters. The molecule has 0 spiro atoms. The lowest BCUT2D eigenvalue weighted by atomic mass is 10.1. The number of nitrogens with zero attached hydrogens (tertiary/aromatic N) is 1. The molecule has 1 aromatic heterocycles.